The molecule has 4 rings (SSSR count). The van der Waals surface area contributed by atoms with Gasteiger partial charge in [0.05, 0.1) is 0 Å². The first-order chi connectivity index (χ1) is 8.93. The van der Waals surface area contributed by atoms with E-state index in [-0.39, 0.29) is 0 Å². The summed E-state index contributed by atoms with van der Waals surface area (Å²) in [5.74, 6) is 0.856. The molecular weight excluding hydrogens is 216 g/mol. The second-order valence-corrected chi connectivity index (χ2v) is 5.60. The Morgan fingerprint density at radius 2 is 1.56 bits per heavy atom. The van der Waals surface area contributed by atoms with E-state index in [2.05, 4.69) is 42.5 Å². The third kappa shape index (κ3) is 2.58. The van der Waals surface area contributed by atoms with Crippen molar-refractivity contribution in [2.75, 3.05) is 0 Å². The van der Waals surface area contributed by atoms with Crippen LogP contribution in [0.2, 0.25) is 0 Å². The molecule has 0 nitrogen and oxygen atoms in total. The maximum atomic E-state index is 2.32. The Morgan fingerprint density at radius 1 is 0.833 bits per heavy atom. The van der Waals surface area contributed by atoms with E-state index in [1.165, 1.54) is 44.9 Å². The summed E-state index contributed by atoms with van der Waals surface area (Å²) in [5.41, 5.74) is 4.83. The number of rotatable bonds is 0. The van der Waals surface area contributed by atoms with Gasteiger partial charge in [-0.25, -0.2) is 0 Å². The highest BCUT2D eigenvalue weighted by Crippen LogP contribution is 2.34. The van der Waals surface area contributed by atoms with E-state index >= 15 is 0 Å². The largest absolute Gasteiger partial charge is 0.0773 e. The number of fused-ring (bicyclic) bond motifs is 2. The molecule has 0 radical (unpaired) electrons. The third-order valence-corrected chi connectivity index (χ3v) is 4.37. The molecule has 0 bridgehead atoms. The summed E-state index contributed by atoms with van der Waals surface area (Å²) in [6, 6.07) is 8.80. The lowest BCUT2D eigenvalue weighted by molar-refractivity contribution is 0.685. The fraction of sp³-hybridized carbons (Fsp3) is 0.444. The smallest absolute Gasteiger partial charge is 0.00169 e. The number of hydrogen-bond acceptors (Lipinski definition) is 0. The molecule has 1 saturated carbocycles. The molecule has 0 heterocycles. The molecule has 94 valence electrons. The number of hydrogen-bond donors (Lipinski definition) is 0. The number of allylic oxidation sites excluding steroid dienone is 4. The molecule has 0 aliphatic heterocycles. The van der Waals surface area contributed by atoms with Gasteiger partial charge in [0.25, 0.3) is 0 Å². The van der Waals surface area contributed by atoms with Gasteiger partial charge in [-0.1, -0.05) is 48.1 Å². The van der Waals surface area contributed by atoms with Crippen LogP contribution >= 0.6 is 0 Å². The van der Waals surface area contributed by atoms with Crippen LogP contribution in [0, 0.1) is 5.92 Å². The van der Waals surface area contributed by atoms with E-state index in [0.717, 1.165) is 5.92 Å². The summed E-state index contributed by atoms with van der Waals surface area (Å²) in [4.78, 5) is 0. The fourth-order valence-corrected chi connectivity index (χ4v) is 3.31. The standard InChI is InChI=1S/C10H12.C8H10/c1-2-6-10-8-4-3-7-9(10)5-1;1-3-7-5-2-6-8(7)4-1/h1-2,5-6H,3-4,7-8H2;1,3-4,7H,2,5-6H2. The van der Waals surface area contributed by atoms with Gasteiger partial charge < -0.3 is 0 Å². The molecule has 1 aromatic carbocycles. The molecule has 3 aliphatic rings. The highest BCUT2D eigenvalue weighted by Gasteiger charge is 2.19. The minimum atomic E-state index is 0.856. The Bertz CT molecular complexity index is 440. The van der Waals surface area contributed by atoms with Crippen molar-refractivity contribution in [1.82, 2.24) is 0 Å². The highest BCUT2D eigenvalue weighted by atomic mass is 14.2. The zero-order valence-electron chi connectivity index (χ0n) is 11.1. The van der Waals surface area contributed by atoms with Crippen LogP contribution < -0.4 is 0 Å². The molecule has 0 heteroatoms. The Hall–Kier alpha value is -1.30. The van der Waals surface area contributed by atoms with Crippen molar-refractivity contribution in [2.45, 2.75) is 44.9 Å². The molecule has 0 saturated heterocycles. The molecule has 1 unspecified atom stereocenters. The van der Waals surface area contributed by atoms with Gasteiger partial charge in [-0.2, -0.15) is 0 Å². The van der Waals surface area contributed by atoms with Crippen LogP contribution in [0.15, 0.2) is 48.1 Å². The Balaban J connectivity index is 0.000000114. The fourth-order valence-electron chi connectivity index (χ4n) is 3.31. The van der Waals surface area contributed by atoms with Crippen molar-refractivity contribution in [1.29, 1.82) is 0 Å². The average molecular weight is 238 g/mol. The number of aryl methyl sites for hydroxylation is 2. The van der Waals surface area contributed by atoms with Gasteiger partial charge in [0.1, 0.15) is 0 Å². The van der Waals surface area contributed by atoms with E-state index in [0.29, 0.717) is 0 Å². The lowest BCUT2D eigenvalue weighted by Gasteiger charge is -2.13. The third-order valence-electron chi connectivity index (χ3n) is 4.37. The Labute approximate surface area is 110 Å². The monoisotopic (exact) mass is 238 g/mol. The van der Waals surface area contributed by atoms with E-state index in [9.17, 15) is 0 Å². The minimum Gasteiger partial charge on any atom is -0.0773 e. The van der Waals surface area contributed by atoms with Crippen molar-refractivity contribution in [3.05, 3.63) is 59.2 Å². The molecule has 18 heavy (non-hydrogen) atoms. The van der Waals surface area contributed by atoms with Crippen LogP contribution in [0.5, 0.6) is 0 Å². The first-order valence-electron chi connectivity index (χ1n) is 7.37. The summed E-state index contributed by atoms with van der Waals surface area (Å²) < 4.78 is 0. The minimum absolute atomic E-state index is 0.856. The van der Waals surface area contributed by atoms with Gasteiger partial charge in [-0.05, 0) is 62.0 Å². The van der Waals surface area contributed by atoms with Crippen LogP contribution in [0.25, 0.3) is 0 Å². The quantitative estimate of drug-likeness (QED) is 0.606. The zero-order chi connectivity index (χ0) is 12.2. The molecular formula is C18H22. The summed E-state index contributed by atoms with van der Waals surface area (Å²) in [5, 5.41) is 0. The Morgan fingerprint density at radius 3 is 2.22 bits per heavy atom. The lowest BCUT2D eigenvalue weighted by Crippen LogP contribution is -2.00. The van der Waals surface area contributed by atoms with Crippen LogP contribution in [-0.4, -0.2) is 0 Å². The van der Waals surface area contributed by atoms with Crippen molar-refractivity contribution in [3.8, 4) is 0 Å². The van der Waals surface area contributed by atoms with Crippen molar-refractivity contribution in [2.24, 2.45) is 5.92 Å². The summed E-state index contributed by atoms with van der Waals surface area (Å²) in [6.45, 7) is 0. The van der Waals surface area contributed by atoms with E-state index < -0.39 is 0 Å². The van der Waals surface area contributed by atoms with Crippen molar-refractivity contribution >= 4 is 0 Å². The first kappa shape index (κ1) is 11.8. The van der Waals surface area contributed by atoms with Crippen molar-refractivity contribution in [3.63, 3.8) is 0 Å². The van der Waals surface area contributed by atoms with Gasteiger partial charge in [-0.15, -0.1) is 0 Å². The zero-order valence-corrected chi connectivity index (χ0v) is 11.1. The first-order valence-corrected chi connectivity index (χ1v) is 7.37. The molecule has 1 fully saturated rings. The lowest BCUT2D eigenvalue weighted by atomic mass is 9.92. The molecule has 0 aromatic heterocycles. The summed E-state index contributed by atoms with van der Waals surface area (Å²) in [7, 11) is 0. The molecule has 0 amide bonds. The molecule has 0 spiro atoms. The van der Waals surface area contributed by atoms with Crippen molar-refractivity contribution < 1.29 is 0 Å². The van der Waals surface area contributed by atoms with E-state index in [1.807, 2.05) is 0 Å². The maximum Gasteiger partial charge on any atom is -0.00169 e. The SMILES string of the molecule is C1=CC2CCCC2=C1.c1ccc2c(c1)CCCC2. The average Bonchev–Trinajstić information content (AvgIpc) is 3.03. The summed E-state index contributed by atoms with van der Waals surface area (Å²) in [6.07, 6.45) is 16.3. The van der Waals surface area contributed by atoms with Crippen LogP contribution in [0.1, 0.15) is 43.2 Å². The second-order valence-electron chi connectivity index (χ2n) is 5.60. The topological polar surface area (TPSA) is 0 Å². The molecule has 1 atom stereocenters. The van der Waals surface area contributed by atoms with Crippen LogP contribution in [0.4, 0.5) is 0 Å². The molecule has 0 N–H and O–H groups in total. The maximum absolute atomic E-state index is 2.32. The number of benzene rings is 1. The van der Waals surface area contributed by atoms with Crippen LogP contribution in [0.3, 0.4) is 0 Å². The van der Waals surface area contributed by atoms with E-state index in [4.69, 9.17) is 0 Å². The molecule has 1 aromatic rings. The van der Waals surface area contributed by atoms with Gasteiger partial charge in [-0.3, -0.25) is 0 Å². The highest BCUT2D eigenvalue weighted by molar-refractivity contribution is 5.29. The second kappa shape index (κ2) is 5.56. The predicted octanol–water partition coefficient (Wildman–Crippen LogP) is 4.85. The van der Waals surface area contributed by atoms with Gasteiger partial charge >= 0.3 is 0 Å². The van der Waals surface area contributed by atoms with Crippen LogP contribution in [-0.2, 0) is 12.8 Å². The summed E-state index contributed by atoms with van der Waals surface area (Å²) >= 11 is 0. The molecule has 3 aliphatic carbocycles. The van der Waals surface area contributed by atoms with Gasteiger partial charge in [0.15, 0.2) is 0 Å². The van der Waals surface area contributed by atoms with E-state index in [1.54, 1.807) is 16.7 Å². The normalized spacial score (nSPS) is 23.8. The Kier molecular flexibility index (Phi) is 3.64. The van der Waals surface area contributed by atoms with Gasteiger partial charge in [0, 0.05) is 0 Å². The van der Waals surface area contributed by atoms with Gasteiger partial charge in [0.2, 0.25) is 0 Å². The predicted molar refractivity (Wildman–Crippen MR) is 77.6 cm³/mol.